The van der Waals surface area contributed by atoms with Crippen LogP contribution in [0.2, 0.25) is 0 Å². The standard InChI is InChI=1S/C15H18N2S/c1-2-13-17-16-18(17,14-9-5-3-6-10-14)15-11-7-4-8-12-15/h3-12,16H,2,13H2,1H3. The molecule has 1 atom stereocenters. The Bertz CT molecular complexity index is 473. The van der Waals surface area contributed by atoms with Crippen LogP contribution in [0.3, 0.4) is 0 Å². The van der Waals surface area contributed by atoms with Gasteiger partial charge in [0.05, 0.1) is 0 Å². The molecule has 1 aliphatic rings. The van der Waals surface area contributed by atoms with E-state index in [1.54, 1.807) is 0 Å². The van der Waals surface area contributed by atoms with Gasteiger partial charge in [-0.15, -0.1) is 0 Å². The zero-order valence-electron chi connectivity index (χ0n) is 10.5. The number of hydrazine groups is 1. The molecule has 1 fully saturated rings. The van der Waals surface area contributed by atoms with Gasteiger partial charge in [-0.25, -0.2) is 0 Å². The smallest absolute Gasteiger partial charge is 0.0254 e. The van der Waals surface area contributed by atoms with Crippen molar-refractivity contribution < 1.29 is 0 Å². The van der Waals surface area contributed by atoms with E-state index in [4.69, 9.17) is 0 Å². The van der Waals surface area contributed by atoms with Crippen LogP contribution in [0.5, 0.6) is 0 Å². The van der Waals surface area contributed by atoms with Gasteiger partial charge in [-0.2, -0.15) is 9.25 Å². The van der Waals surface area contributed by atoms with Gasteiger partial charge in [0.2, 0.25) is 0 Å². The van der Waals surface area contributed by atoms with Crippen molar-refractivity contribution in [1.29, 1.82) is 0 Å². The summed E-state index contributed by atoms with van der Waals surface area (Å²) in [6, 6.07) is 21.6. The van der Waals surface area contributed by atoms with Crippen LogP contribution in [-0.2, 0) is 0 Å². The van der Waals surface area contributed by atoms with Gasteiger partial charge in [-0.1, -0.05) is 43.3 Å². The zero-order chi connectivity index (χ0) is 12.4. The lowest BCUT2D eigenvalue weighted by Crippen LogP contribution is -2.01. The monoisotopic (exact) mass is 258 g/mol. The molecular formula is C15H18N2S. The molecule has 1 unspecified atom stereocenters. The number of nitrogens with zero attached hydrogens (tertiary/aromatic N) is 1. The minimum Gasteiger partial charge on any atom is -0.185 e. The van der Waals surface area contributed by atoms with E-state index in [-0.39, 0.29) is 0 Å². The zero-order valence-corrected chi connectivity index (χ0v) is 11.4. The first-order valence-corrected chi connectivity index (χ1v) is 7.95. The van der Waals surface area contributed by atoms with Crippen molar-refractivity contribution in [3.8, 4) is 0 Å². The molecule has 18 heavy (non-hydrogen) atoms. The van der Waals surface area contributed by atoms with Crippen LogP contribution in [0.15, 0.2) is 70.5 Å². The molecule has 3 rings (SSSR count). The third kappa shape index (κ3) is 1.85. The highest BCUT2D eigenvalue weighted by atomic mass is 32.3. The largest absolute Gasteiger partial charge is 0.185 e. The van der Waals surface area contributed by atoms with E-state index in [0.29, 0.717) is 0 Å². The van der Waals surface area contributed by atoms with Gasteiger partial charge >= 0.3 is 0 Å². The van der Waals surface area contributed by atoms with E-state index in [2.05, 4.69) is 76.8 Å². The molecule has 0 spiro atoms. The third-order valence-electron chi connectivity index (χ3n) is 3.13. The van der Waals surface area contributed by atoms with E-state index in [9.17, 15) is 0 Å². The Balaban J connectivity index is 2.02. The summed E-state index contributed by atoms with van der Waals surface area (Å²) in [5.74, 6) is 0. The lowest BCUT2D eigenvalue weighted by atomic mass is 10.4. The van der Waals surface area contributed by atoms with E-state index >= 15 is 0 Å². The summed E-state index contributed by atoms with van der Waals surface area (Å²) in [7, 11) is -1.11. The second-order valence-corrected chi connectivity index (χ2v) is 7.13. The normalized spacial score (nSPS) is 22.4. The van der Waals surface area contributed by atoms with Crippen molar-refractivity contribution in [2.75, 3.05) is 6.54 Å². The van der Waals surface area contributed by atoms with Crippen LogP contribution in [-0.4, -0.2) is 11.0 Å². The molecule has 2 aromatic carbocycles. The maximum absolute atomic E-state index is 3.63. The van der Waals surface area contributed by atoms with Crippen LogP contribution in [0.25, 0.3) is 0 Å². The summed E-state index contributed by atoms with van der Waals surface area (Å²) in [5, 5.41) is 0. The summed E-state index contributed by atoms with van der Waals surface area (Å²) < 4.78 is 2.40. The third-order valence-corrected chi connectivity index (χ3v) is 6.28. The summed E-state index contributed by atoms with van der Waals surface area (Å²) in [4.78, 5) is 6.42. The molecule has 94 valence electrons. The van der Waals surface area contributed by atoms with E-state index in [0.717, 1.165) is 6.54 Å². The van der Waals surface area contributed by atoms with Gasteiger partial charge in [-0.05, 0) is 41.1 Å². The minimum atomic E-state index is -1.11. The fourth-order valence-corrected chi connectivity index (χ4v) is 5.37. The van der Waals surface area contributed by atoms with Crippen LogP contribution in [0.1, 0.15) is 13.3 Å². The van der Waals surface area contributed by atoms with Crippen LogP contribution in [0, 0.1) is 0 Å². The molecule has 0 aliphatic carbocycles. The summed E-state index contributed by atoms with van der Waals surface area (Å²) in [6.45, 7) is 3.32. The van der Waals surface area contributed by atoms with Crippen LogP contribution >= 0.6 is 10.4 Å². The molecular weight excluding hydrogens is 240 g/mol. The maximum atomic E-state index is 3.63. The van der Waals surface area contributed by atoms with Crippen molar-refractivity contribution in [3.63, 3.8) is 0 Å². The number of hydrogen-bond acceptors (Lipinski definition) is 2. The van der Waals surface area contributed by atoms with E-state index in [1.165, 1.54) is 16.2 Å². The average Bonchev–Trinajstić information content (AvgIpc) is 3.17. The first-order valence-electron chi connectivity index (χ1n) is 6.36. The van der Waals surface area contributed by atoms with Crippen molar-refractivity contribution in [2.45, 2.75) is 23.1 Å². The highest BCUT2D eigenvalue weighted by Crippen LogP contribution is 2.71. The fourth-order valence-electron chi connectivity index (χ4n) is 2.25. The Labute approximate surface area is 110 Å². The minimum absolute atomic E-state index is 1.10. The summed E-state index contributed by atoms with van der Waals surface area (Å²) >= 11 is 0. The van der Waals surface area contributed by atoms with Gasteiger partial charge in [0.25, 0.3) is 0 Å². The molecule has 1 heterocycles. The second-order valence-electron chi connectivity index (χ2n) is 4.40. The number of hydrogen-bond donors (Lipinski definition) is 1. The predicted molar refractivity (Wildman–Crippen MR) is 77.1 cm³/mol. The Morgan fingerprint density at radius 1 is 0.889 bits per heavy atom. The fraction of sp³-hybridized carbons (Fsp3) is 0.200. The predicted octanol–water partition coefficient (Wildman–Crippen LogP) is 3.97. The van der Waals surface area contributed by atoms with Gasteiger partial charge in [0, 0.05) is 16.3 Å². The molecule has 0 saturated carbocycles. The van der Waals surface area contributed by atoms with Gasteiger partial charge < -0.3 is 0 Å². The molecule has 0 amide bonds. The molecule has 1 N–H and O–H groups in total. The first kappa shape index (κ1) is 11.8. The SMILES string of the molecule is CCCN1NS1(c1ccccc1)c1ccccc1. The van der Waals surface area contributed by atoms with Gasteiger partial charge in [0.1, 0.15) is 0 Å². The van der Waals surface area contributed by atoms with Crippen molar-refractivity contribution in [1.82, 2.24) is 9.25 Å². The van der Waals surface area contributed by atoms with Gasteiger partial charge in [0.15, 0.2) is 0 Å². The number of rotatable bonds is 4. The molecule has 0 aromatic heterocycles. The molecule has 3 heteroatoms. The quantitative estimate of drug-likeness (QED) is 0.839. The van der Waals surface area contributed by atoms with Gasteiger partial charge in [-0.3, -0.25) is 0 Å². The first-order chi connectivity index (χ1) is 8.88. The number of nitrogens with one attached hydrogen (secondary N) is 1. The average molecular weight is 258 g/mol. The topological polar surface area (TPSA) is 25.0 Å². The van der Waals surface area contributed by atoms with Crippen molar-refractivity contribution in [2.24, 2.45) is 0 Å². The summed E-state index contributed by atoms with van der Waals surface area (Å²) in [6.07, 6.45) is 1.17. The van der Waals surface area contributed by atoms with Crippen LogP contribution in [0.4, 0.5) is 0 Å². The van der Waals surface area contributed by atoms with Crippen molar-refractivity contribution in [3.05, 3.63) is 60.7 Å². The molecule has 0 radical (unpaired) electrons. The maximum Gasteiger partial charge on any atom is 0.0254 e. The lowest BCUT2D eigenvalue weighted by molar-refractivity contribution is 0.542. The second kappa shape index (κ2) is 4.76. The molecule has 0 bridgehead atoms. The van der Waals surface area contributed by atoms with Crippen LogP contribution < -0.4 is 4.83 Å². The summed E-state index contributed by atoms with van der Waals surface area (Å²) in [5.41, 5.74) is 0. The van der Waals surface area contributed by atoms with E-state index in [1.807, 2.05) is 0 Å². The lowest BCUT2D eigenvalue weighted by Gasteiger charge is -2.20. The molecule has 1 aliphatic heterocycles. The molecule has 1 saturated heterocycles. The Morgan fingerprint density at radius 2 is 1.39 bits per heavy atom. The molecule has 2 aromatic rings. The van der Waals surface area contributed by atoms with E-state index < -0.39 is 10.4 Å². The van der Waals surface area contributed by atoms with Crippen molar-refractivity contribution >= 4 is 10.4 Å². The Hall–Kier alpha value is -1.29. The molecule has 2 nitrogen and oxygen atoms in total. The number of benzene rings is 2. The Kier molecular flexibility index (Phi) is 3.12. The highest BCUT2D eigenvalue weighted by molar-refractivity contribution is 8.34. The Morgan fingerprint density at radius 3 is 1.83 bits per heavy atom. The highest BCUT2D eigenvalue weighted by Gasteiger charge is 2.48.